The Labute approximate surface area is 234 Å². The molecular formula is C32H34N6O2. The van der Waals surface area contributed by atoms with Gasteiger partial charge in [-0.15, -0.1) is 0 Å². The third kappa shape index (κ3) is 6.07. The van der Waals surface area contributed by atoms with E-state index in [4.69, 9.17) is 15.6 Å². The first kappa shape index (κ1) is 26.7. The molecule has 2 amide bonds. The first-order valence-corrected chi connectivity index (χ1v) is 13.3. The van der Waals surface area contributed by atoms with E-state index in [-0.39, 0.29) is 11.4 Å². The lowest BCUT2D eigenvalue weighted by Crippen LogP contribution is -2.21. The van der Waals surface area contributed by atoms with Gasteiger partial charge in [-0.2, -0.15) is 5.10 Å². The molecule has 0 aliphatic heterocycles. The van der Waals surface area contributed by atoms with Gasteiger partial charge >= 0.3 is 6.03 Å². The van der Waals surface area contributed by atoms with Gasteiger partial charge in [-0.05, 0) is 42.1 Å². The number of nitrogen functional groups attached to an aromatic ring is 1. The van der Waals surface area contributed by atoms with Gasteiger partial charge in [-0.1, -0.05) is 68.8 Å². The van der Waals surface area contributed by atoms with E-state index in [1.807, 2.05) is 67.6 Å². The van der Waals surface area contributed by atoms with Gasteiger partial charge in [0.1, 0.15) is 17.4 Å². The Balaban J connectivity index is 1.35. The second kappa shape index (κ2) is 11.1. The number of carbonyl (C=O) groups is 1. The van der Waals surface area contributed by atoms with Crippen molar-refractivity contribution in [2.75, 3.05) is 23.0 Å². The molecule has 0 aliphatic rings. The molecule has 0 unspecified atom stereocenters. The van der Waals surface area contributed by atoms with Gasteiger partial charge in [0.25, 0.3) is 0 Å². The van der Waals surface area contributed by atoms with Crippen molar-refractivity contribution in [1.82, 2.24) is 14.8 Å². The van der Waals surface area contributed by atoms with E-state index in [2.05, 4.69) is 42.5 Å². The summed E-state index contributed by atoms with van der Waals surface area (Å²) in [7, 11) is 0. The smallest absolute Gasteiger partial charge is 0.324 e. The van der Waals surface area contributed by atoms with Crippen LogP contribution in [0.3, 0.4) is 0 Å². The van der Waals surface area contributed by atoms with Crippen LogP contribution in [0.25, 0.3) is 16.5 Å². The molecule has 40 heavy (non-hydrogen) atoms. The molecule has 2 aromatic heterocycles. The Bertz CT molecular complexity index is 1650. The monoisotopic (exact) mass is 534 g/mol. The molecule has 0 spiro atoms. The van der Waals surface area contributed by atoms with Crippen molar-refractivity contribution in [2.24, 2.45) is 0 Å². The van der Waals surface area contributed by atoms with Crippen molar-refractivity contribution in [3.05, 3.63) is 102 Å². The maximum absolute atomic E-state index is 13.3. The lowest BCUT2D eigenvalue weighted by molar-refractivity contribution is 0.262. The highest BCUT2D eigenvalue weighted by atomic mass is 16.5. The van der Waals surface area contributed by atoms with Crippen LogP contribution in [0.15, 0.2) is 85.1 Å². The van der Waals surface area contributed by atoms with Gasteiger partial charge in [-0.25, -0.2) is 14.5 Å². The number of aromatic nitrogens is 3. The number of ether oxygens (including phenoxy) is 1. The number of nitrogens with two attached hydrogens (primary N) is 1. The highest BCUT2D eigenvalue weighted by Crippen LogP contribution is 2.29. The molecule has 3 aromatic carbocycles. The molecule has 0 fully saturated rings. The molecule has 2 heterocycles. The molecule has 0 bridgehead atoms. The summed E-state index contributed by atoms with van der Waals surface area (Å²) in [5, 5.41) is 12.9. The third-order valence-electron chi connectivity index (χ3n) is 6.65. The molecule has 0 atom stereocenters. The van der Waals surface area contributed by atoms with Crippen LogP contribution in [0.1, 0.15) is 37.6 Å². The zero-order valence-electron chi connectivity index (χ0n) is 23.2. The summed E-state index contributed by atoms with van der Waals surface area (Å²) in [6.45, 7) is 8.83. The number of hydrogen-bond acceptors (Lipinski definition) is 5. The number of carbonyl (C=O) groups excluding carboxylic acids is 1. The maximum Gasteiger partial charge on any atom is 0.324 e. The Hall–Kier alpha value is -4.85. The second-order valence-electron chi connectivity index (χ2n) is 10.8. The Morgan fingerprint density at radius 3 is 2.42 bits per heavy atom. The number of hydrogen-bond donors (Lipinski definition) is 3. The summed E-state index contributed by atoms with van der Waals surface area (Å²) >= 11 is 0. The highest BCUT2D eigenvalue weighted by molar-refractivity contribution is 6.06. The minimum Gasteiger partial charge on any atom is -0.493 e. The first-order valence-electron chi connectivity index (χ1n) is 13.3. The number of rotatable bonds is 7. The topological polar surface area (TPSA) is 107 Å². The molecule has 0 saturated heterocycles. The quantitative estimate of drug-likeness (QED) is 0.211. The standard InChI is InChI=1S/C32H34N6O2/c1-21-9-12-23(13-10-21)38-30(20-28(37-38)32(2,3)4)36-31(39)35-27-14-11-22(25-7-5-6-8-26(25)27)16-18-40-24-15-17-34-29(33)19-24/h5-15,17,19-20H,16,18H2,1-4H3,(H2,33,34)(H2,35,36,39). The zero-order chi connectivity index (χ0) is 28.3. The number of nitrogens with one attached hydrogen (secondary N) is 2. The first-order chi connectivity index (χ1) is 19.2. The number of benzene rings is 3. The SMILES string of the molecule is Cc1ccc(-n2nc(C(C)(C)C)cc2NC(=O)Nc2ccc(CCOc3ccnc(N)c3)c3ccccc23)cc1. The predicted molar refractivity (Wildman–Crippen MR) is 161 cm³/mol. The Kier molecular flexibility index (Phi) is 7.42. The molecule has 8 heteroatoms. The van der Waals surface area contributed by atoms with E-state index < -0.39 is 0 Å². The largest absolute Gasteiger partial charge is 0.493 e. The fourth-order valence-electron chi connectivity index (χ4n) is 4.47. The van der Waals surface area contributed by atoms with Crippen LogP contribution in [0.4, 0.5) is 22.1 Å². The second-order valence-corrected chi connectivity index (χ2v) is 10.8. The van der Waals surface area contributed by atoms with Crippen molar-refractivity contribution >= 4 is 34.1 Å². The van der Waals surface area contributed by atoms with Crippen molar-refractivity contribution in [3.63, 3.8) is 0 Å². The van der Waals surface area contributed by atoms with E-state index >= 15 is 0 Å². The van der Waals surface area contributed by atoms with E-state index in [0.717, 1.165) is 39.0 Å². The third-order valence-corrected chi connectivity index (χ3v) is 6.65. The van der Waals surface area contributed by atoms with Crippen molar-refractivity contribution in [1.29, 1.82) is 0 Å². The summed E-state index contributed by atoms with van der Waals surface area (Å²) < 4.78 is 7.65. The molecule has 4 N–H and O–H groups in total. The zero-order valence-corrected chi connectivity index (χ0v) is 23.2. The lowest BCUT2D eigenvalue weighted by Gasteiger charge is -2.14. The average Bonchev–Trinajstić information content (AvgIpc) is 3.34. The lowest BCUT2D eigenvalue weighted by atomic mass is 9.92. The molecule has 0 saturated carbocycles. The highest BCUT2D eigenvalue weighted by Gasteiger charge is 2.22. The maximum atomic E-state index is 13.3. The minimum absolute atomic E-state index is 0.178. The predicted octanol–water partition coefficient (Wildman–Crippen LogP) is 6.87. The van der Waals surface area contributed by atoms with Crippen LogP contribution < -0.4 is 21.1 Å². The molecule has 0 radical (unpaired) electrons. The number of amides is 2. The van der Waals surface area contributed by atoms with Gasteiger partial charge in [0.05, 0.1) is 23.7 Å². The summed E-state index contributed by atoms with van der Waals surface area (Å²) in [5.41, 5.74) is 10.3. The van der Waals surface area contributed by atoms with Gasteiger partial charge in [0.2, 0.25) is 0 Å². The summed E-state index contributed by atoms with van der Waals surface area (Å²) in [5.74, 6) is 1.71. The number of fused-ring (bicyclic) bond motifs is 1. The van der Waals surface area contributed by atoms with Gasteiger partial charge in [0, 0.05) is 35.6 Å². The van der Waals surface area contributed by atoms with Crippen molar-refractivity contribution < 1.29 is 9.53 Å². The average molecular weight is 535 g/mol. The van der Waals surface area contributed by atoms with Crippen molar-refractivity contribution in [2.45, 2.75) is 39.5 Å². The molecule has 8 nitrogen and oxygen atoms in total. The Morgan fingerprint density at radius 2 is 1.70 bits per heavy atom. The number of nitrogens with zero attached hydrogens (tertiary/aromatic N) is 3. The normalized spacial score (nSPS) is 11.4. The number of urea groups is 1. The van der Waals surface area contributed by atoms with Gasteiger partial charge in [-0.3, -0.25) is 5.32 Å². The van der Waals surface area contributed by atoms with Crippen LogP contribution >= 0.6 is 0 Å². The van der Waals surface area contributed by atoms with Gasteiger partial charge < -0.3 is 15.8 Å². The fraction of sp³-hybridized carbons (Fsp3) is 0.219. The van der Waals surface area contributed by atoms with Gasteiger partial charge in [0.15, 0.2) is 0 Å². The van der Waals surface area contributed by atoms with Crippen LogP contribution in [-0.4, -0.2) is 27.4 Å². The van der Waals surface area contributed by atoms with E-state index in [9.17, 15) is 4.79 Å². The fourth-order valence-corrected chi connectivity index (χ4v) is 4.47. The minimum atomic E-state index is -0.342. The summed E-state index contributed by atoms with van der Waals surface area (Å²) in [6.07, 6.45) is 2.32. The van der Waals surface area contributed by atoms with E-state index in [1.165, 1.54) is 0 Å². The number of anilines is 3. The van der Waals surface area contributed by atoms with E-state index in [0.29, 0.717) is 30.4 Å². The van der Waals surface area contributed by atoms with Crippen LogP contribution in [-0.2, 0) is 11.8 Å². The molecule has 204 valence electrons. The van der Waals surface area contributed by atoms with Crippen molar-refractivity contribution in [3.8, 4) is 11.4 Å². The molecule has 5 aromatic rings. The summed E-state index contributed by atoms with van der Waals surface area (Å²) in [4.78, 5) is 17.3. The van der Waals surface area contributed by atoms with Crippen LogP contribution in [0, 0.1) is 6.92 Å². The number of aryl methyl sites for hydroxylation is 1. The molecule has 0 aliphatic carbocycles. The molecule has 5 rings (SSSR count). The van der Waals surface area contributed by atoms with Crippen LogP contribution in [0.5, 0.6) is 5.75 Å². The summed E-state index contributed by atoms with van der Waals surface area (Å²) in [6, 6.07) is 25.1. The number of pyridine rings is 1. The van der Waals surface area contributed by atoms with E-state index in [1.54, 1.807) is 23.0 Å². The molecular weight excluding hydrogens is 500 g/mol. The van der Waals surface area contributed by atoms with Crippen LogP contribution in [0.2, 0.25) is 0 Å². The Morgan fingerprint density at radius 1 is 0.950 bits per heavy atom.